The van der Waals surface area contributed by atoms with Crippen molar-refractivity contribution in [2.75, 3.05) is 6.61 Å². The Morgan fingerprint density at radius 2 is 1.96 bits per heavy atom. The molecule has 3 rings (SSSR count). The van der Waals surface area contributed by atoms with Gasteiger partial charge >= 0.3 is 0 Å². The molecule has 0 bridgehead atoms. The second-order valence-electron chi connectivity index (χ2n) is 5.00. The first kappa shape index (κ1) is 16.1. The van der Waals surface area contributed by atoms with Crippen LogP contribution in [-0.4, -0.2) is 21.1 Å². The van der Waals surface area contributed by atoms with Crippen LogP contribution in [0, 0.1) is 10.1 Å². The smallest absolute Gasteiger partial charge is 0.270 e. The molecule has 0 saturated heterocycles. The molecule has 1 aromatic heterocycles. The van der Waals surface area contributed by atoms with Crippen molar-refractivity contribution in [3.63, 3.8) is 0 Å². The lowest BCUT2D eigenvalue weighted by Gasteiger charge is -2.09. The third kappa shape index (κ3) is 3.43. The van der Waals surface area contributed by atoms with E-state index in [1.54, 1.807) is 0 Å². The van der Waals surface area contributed by atoms with E-state index in [0.29, 0.717) is 17.8 Å². The predicted molar refractivity (Wildman–Crippen MR) is 92.3 cm³/mol. The summed E-state index contributed by atoms with van der Waals surface area (Å²) in [5.74, 6) is 0.690. The summed E-state index contributed by atoms with van der Waals surface area (Å²) < 4.78 is 7.91. The van der Waals surface area contributed by atoms with E-state index in [2.05, 4.69) is 20.9 Å². The van der Waals surface area contributed by atoms with Gasteiger partial charge in [0.05, 0.1) is 28.7 Å². The van der Waals surface area contributed by atoms with Crippen molar-refractivity contribution in [3.05, 3.63) is 73.7 Å². The molecule has 1 heterocycles. The quantitative estimate of drug-likeness (QED) is 0.494. The third-order valence-corrected chi connectivity index (χ3v) is 3.96. The summed E-state index contributed by atoms with van der Waals surface area (Å²) in [4.78, 5) is 26.9. The number of hydrogen-bond acceptors (Lipinski definition) is 5. The molecule has 122 valence electrons. The van der Waals surface area contributed by atoms with Gasteiger partial charge < -0.3 is 4.74 Å². The summed E-state index contributed by atoms with van der Waals surface area (Å²) in [6, 6.07) is 11.4. The molecule has 8 heteroatoms. The molecular weight excluding hydrogens is 378 g/mol. The van der Waals surface area contributed by atoms with Crippen molar-refractivity contribution in [2.45, 2.75) is 6.54 Å². The Morgan fingerprint density at radius 1 is 1.21 bits per heavy atom. The number of halogens is 1. The van der Waals surface area contributed by atoms with E-state index >= 15 is 0 Å². The van der Waals surface area contributed by atoms with Crippen LogP contribution in [0.15, 0.2) is 58.1 Å². The molecule has 0 spiro atoms. The Bertz CT molecular complexity index is 954. The van der Waals surface area contributed by atoms with E-state index in [1.807, 2.05) is 24.3 Å². The molecule has 0 saturated carbocycles. The zero-order valence-electron chi connectivity index (χ0n) is 12.4. The average molecular weight is 390 g/mol. The van der Waals surface area contributed by atoms with Crippen LogP contribution in [0.25, 0.3) is 10.9 Å². The highest BCUT2D eigenvalue weighted by Gasteiger charge is 2.10. The largest absolute Gasteiger partial charge is 0.492 e. The molecule has 3 aromatic rings. The van der Waals surface area contributed by atoms with Gasteiger partial charge in [-0.3, -0.25) is 19.5 Å². The molecule has 7 nitrogen and oxygen atoms in total. The summed E-state index contributed by atoms with van der Waals surface area (Å²) in [7, 11) is 0. The number of benzene rings is 2. The molecule has 0 fully saturated rings. The Labute approximate surface area is 144 Å². The van der Waals surface area contributed by atoms with Gasteiger partial charge in [-0.1, -0.05) is 15.9 Å². The van der Waals surface area contributed by atoms with Crippen molar-refractivity contribution in [2.24, 2.45) is 0 Å². The fourth-order valence-electron chi connectivity index (χ4n) is 2.21. The average Bonchev–Trinajstić information content (AvgIpc) is 2.58. The Hall–Kier alpha value is -2.74. The molecule has 0 aliphatic carbocycles. The van der Waals surface area contributed by atoms with E-state index < -0.39 is 4.92 Å². The maximum atomic E-state index is 12.4. The lowest BCUT2D eigenvalue weighted by molar-refractivity contribution is -0.384. The molecule has 0 unspecified atom stereocenters. The van der Waals surface area contributed by atoms with Gasteiger partial charge in [0.15, 0.2) is 0 Å². The lowest BCUT2D eigenvalue weighted by Crippen LogP contribution is -2.23. The van der Waals surface area contributed by atoms with Crippen molar-refractivity contribution in [1.29, 1.82) is 0 Å². The maximum Gasteiger partial charge on any atom is 0.270 e. The molecule has 0 radical (unpaired) electrons. The summed E-state index contributed by atoms with van der Waals surface area (Å²) in [6.07, 6.45) is 1.42. The fraction of sp³-hybridized carbons (Fsp3) is 0.125. The van der Waals surface area contributed by atoms with Crippen LogP contribution in [0.2, 0.25) is 0 Å². The van der Waals surface area contributed by atoms with Crippen molar-refractivity contribution in [3.8, 4) is 5.75 Å². The molecule has 0 atom stereocenters. The first-order chi connectivity index (χ1) is 11.5. The minimum absolute atomic E-state index is 0.134. The van der Waals surface area contributed by atoms with Gasteiger partial charge in [0.25, 0.3) is 11.2 Å². The molecule has 2 aromatic carbocycles. The highest BCUT2D eigenvalue weighted by Crippen LogP contribution is 2.17. The number of ether oxygens (including phenoxy) is 1. The zero-order chi connectivity index (χ0) is 17.1. The summed E-state index contributed by atoms with van der Waals surface area (Å²) in [5.41, 5.74) is -0.0379. The summed E-state index contributed by atoms with van der Waals surface area (Å²) in [6.45, 7) is 0.574. The normalized spacial score (nSPS) is 10.7. The van der Waals surface area contributed by atoms with Gasteiger partial charge in [0, 0.05) is 16.6 Å². The second-order valence-corrected chi connectivity index (χ2v) is 5.92. The van der Waals surface area contributed by atoms with Gasteiger partial charge in [0.1, 0.15) is 12.4 Å². The Balaban J connectivity index is 1.79. The third-order valence-electron chi connectivity index (χ3n) is 3.43. The summed E-state index contributed by atoms with van der Waals surface area (Å²) >= 11 is 3.34. The number of rotatable bonds is 5. The van der Waals surface area contributed by atoms with Gasteiger partial charge in [-0.15, -0.1) is 0 Å². The first-order valence-corrected chi connectivity index (χ1v) is 7.86. The number of hydrogen-bond donors (Lipinski definition) is 0. The van der Waals surface area contributed by atoms with E-state index in [1.165, 1.54) is 29.1 Å². The SMILES string of the molecule is O=c1c2cc([N+](=O)[O-])ccc2ncn1CCOc1ccc(Br)cc1. The number of fused-ring (bicyclic) bond motifs is 1. The molecule has 0 aliphatic rings. The van der Waals surface area contributed by atoms with E-state index in [4.69, 9.17) is 4.74 Å². The Kier molecular flexibility index (Phi) is 4.57. The standard InChI is InChI=1S/C16H12BrN3O4/c17-11-1-4-13(5-2-11)24-8-7-19-10-18-15-6-3-12(20(22)23)9-14(15)16(19)21/h1-6,9-10H,7-8H2. The lowest BCUT2D eigenvalue weighted by atomic mass is 10.2. The van der Waals surface area contributed by atoms with Crippen molar-refractivity contribution in [1.82, 2.24) is 9.55 Å². The zero-order valence-corrected chi connectivity index (χ0v) is 14.0. The molecule has 0 amide bonds. The van der Waals surface area contributed by atoms with Crippen LogP contribution < -0.4 is 10.3 Å². The van der Waals surface area contributed by atoms with E-state index in [9.17, 15) is 14.9 Å². The minimum atomic E-state index is -0.535. The predicted octanol–water partition coefficient (Wildman–Crippen LogP) is 3.15. The topological polar surface area (TPSA) is 87.3 Å². The number of non-ortho nitro benzene ring substituents is 1. The highest BCUT2D eigenvalue weighted by atomic mass is 79.9. The van der Waals surface area contributed by atoms with Crippen LogP contribution in [0.3, 0.4) is 0 Å². The fourth-order valence-corrected chi connectivity index (χ4v) is 2.48. The van der Waals surface area contributed by atoms with Crippen LogP contribution in [0.4, 0.5) is 5.69 Å². The highest BCUT2D eigenvalue weighted by molar-refractivity contribution is 9.10. The maximum absolute atomic E-state index is 12.4. The van der Waals surface area contributed by atoms with E-state index in [0.717, 1.165) is 4.47 Å². The van der Waals surface area contributed by atoms with Crippen molar-refractivity contribution >= 4 is 32.5 Å². The van der Waals surface area contributed by atoms with Gasteiger partial charge in [-0.05, 0) is 30.3 Å². The molecular formula is C16H12BrN3O4. The van der Waals surface area contributed by atoms with Crippen LogP contribution >= 0.6 is 15.9 Å². The monoisotopic (exact) mass is 389 g/mol. The number of nitro groups is 1. The van der Waals surface area contributed by atoms with Crippen LogP contribution in [0.5, 0.6) is 5.75 Å². The van der Waals surface area contributed by atoms with Crippen LogP contribution in [-0.2, 0) is 6.54 Å². The van der Waals surface area contributed by atoms with E-state index in [-0.39, 0.29) is 23.2 Å². The Morgan fingerprint density at radius 3 is 2.67 bits per heavy atom. The molecule has 0 aliphatic heterocycles. The first-order valence-electron chi connectivity index (χ1n) is 7.06. The van der Waals surface area contributed by atoms with Gasteiger partial charge in [0.2, 0.25) is 0 Å². The number of aromatic nitrogens is 2. The van der Waals surface area contributed by atoms with Crippen LogP contribution in [0.1, 0.15) is 0 Å². The summed E-state index contributed by atoms with van der Waals surface area (Å²) in [5, 5.41) is 11.1. The van der Waals surface area contributed by atoms with Gasteiger partial charge in [-0.2, -0.15) is 0 Å². The molecule has 0 N–H and O–H groups in total. The number of nitrogens with zero attached hydrogens (tertiary/aromatic N) is 3. The van der Waals surface area contributed by atoms with Gasteiger partial charge in [-0.25, -0.2) is 4.98 Å². The minimum Gasteiger partial charge on any atom is -0.492 e. The number of nitro benzene ring substituents is 1. The second kappa shape index (κ2) is 6.79. The van der Waals surface area contributed by atoms with Crippen molar-refractivity contribution < 1.29 is 9.66 Å². The molecule has 24 heavy (non-hydrogen) atoms.